The largest absolute Gasteiger partial charge is 0.390 e. The number of hydrogen-bond acceptors (Lipinski definition) is 4. The SMILES string of the molecule is O=C1CCN(C2CNCC2O)CCN1. The lowest BCUT2D eigenvalue weighted by atomic mass is 10.1. The van der Waals surface area contributed by atoms with Crippen molar-refractivity contribution in [1.29, 1.82) is 0 Å². The van der Waals surface area contributed by atoms with Crippen LogP contribution < -0.4 is 10.6 Å². The van der Waals surface area contributed by atoms with Crippen molar-refractivity contribution in [2.45, 2.75) is 18.6 Å². The molecular formula is C9H17N3O2. The topological polar surface area (TPSA) is 64.6 Å². The summed E-state index contributed by atoms with van der Waals surface area (Å²) in [5, 5.41) is 15.7. The van der Waals surface area contributed by atoms with Crippen LogP contribution in [0.2, 0.25) is 0 Å². The van der Waals surface area contributed by atoms with Crippen LogP contribution in [0.5, 0.6) is 0 Å². The van der Waals surface area contributed by atoms with Crippen LogP contribution in [-0.2, 0) is 4.79 Å². The lowest BCUT2D eigenvalue weighted by Gasteiger charge is -2.28. The summed E-state index contributed by atoms with van der Waals surface area (Å²) in [7, 11) is 0. The molecule has 0 bridgehead atoms. The maximum atomic E-state index is 11.1. The third-order valence-electron chi connectivity index (χ3n) is 2.97. The van der Waals surface area contributed by atoms with Gasteiger partial charge in [0.2, 0.25) is 5.91 Å². The fraction of sp³-hybridized carbons (Fsp3) is 0.889. The van der Waals surface area contributed by atoms with Crippen LogP contribution >= 0.6 is 0 Å². The predicted molar refractivity (Wildman–Crippen MR) is 51.9 cm³/mol. The zero-order valence-electron chi connectivity index (χ0n) is 8.20. The Morgan fingerprint density at radius 1 is 1.36 bits per heavy atom. The number of carbonyl (C=O) groups is 1. The van der Waals surface area contributed by atoms with E-state index >= 15 is 0 Å². The van der Waals surface area contributed by atoms with Crippen LogP contribution in [0.15, 0.2) is 0 Å². The number of nitrogens with zero attached hydrogens (tertiary/aromatic N) is 1. The van der Waals surface area contributed by atoms with Gasteiger partial charge in [-0.05, 0) is 0 Å². The lowest BCUT2D eigenvalue weighted by molar-refractivity contribution is -0.120. The van der Waals surface area contributed by atoms with Gasteiger partial charge in [0.1, 0.15) is 0 Å². The van der Waals surface area contributed by atoms with E-state index in [4.69, 9.17) is 0 Å². The molecule has 0 aliphatic carbocycles. The number of carbonyl (C=O) groups excluding carboxylic acids is 1. The molecule has 0 aromatic rings. The van der Waals surface area contributed by atoms with E-state index in [1.165, 1.54) is 0 Å². The summed E-state index contributed by atoms with van der Waals surface area (Å²) >= 11 is 0. The third kappa shape index (κ3) is 2.05. The van der Waals surface area contributed by atoms with Gasteiger partial charge >= 0.3 is 0 Å². The van der Waals surface area contributed by atoms with E-state index in [0.29, 0.717) is 19.5 Å². The van der Waals surface area contributed by atoms with Crippen LogP contribution in [0.3, 0.4) is 0 Å². The first kappa shape index (κ1) is 9.89. The number of β-amino-alcohol motifs (C(OH)–C–C–N with tert-alkyl or cyclic N) is 1. The van der Waals surface area contributed by atoms with E-state index in [0.717, 1.165) is 19.6 Å². The highest BCUT2D eigenvalue weighted by Crippen LogP contribution is 2.10. The van der Waals surface area contributed by atoms with Crippen molar-refractivity contribution < 1.29 is 9.90 Å². The van der Waals surface area contributed by atoms with Gasteiger partial charge in [-0.2, -0.15) is 0 Å². The quantitative estimate of drug-likeness (QED) is 0.463. The first-order valence-electron chi connectivity index (χ1n) is 5.17. The average Bonchev–Trinajstić information content (AvgIpc) is 2.46. The Labute approximate surface area is 83.5 Å². The number of hydrogen-bond donors (Lipinski definition) is 3. The molecule has 2 unspecified atom stereocenters. The number of nitrogens with one attached hydrogen (secondary N) is 2. The Morgan fingerprint density at radius 3 is 2.93 bits per heavy atom. The van der Waals surface area contributed by atoms with Crippen molar-refractivity contribution in [3.8, 4) is 0 Å². The first-order valence-corrected chi connectivity index (χ1v) is 5.17. The van der Waals surface area contributed by atoms with Crippen molar-refractivity contribution in [1.82, 2.24) is 15.5 Å². The smallest absolute Gasteiger partial charge is 0.221 e. The highest BCUT2D eigenvalue weighted by molar-refractivity contribution is 5.76. The van der Waals surface area contributed by atoms with Crippen LogP contribution in [0.1, 0.15) is 6.42 Å². The summed E-state index contributed by atoms with van der Waals surface area (Å²) in [6.07, 6.45) is 0.256. The van der Waals surface area contributed by atoms with Crippen molar-refractivity contribution >= 4 is 5.91 Å². The molecule has 14 heavy (non-hydrogen) atoms. The second-order valence-electron chi connectivity index (χ2n) is 3.93. The lowest BCUT2D eigenvalue weighted by Crippen LogP contribution is -2.44. The van der Waals surface area contributed by atoms with Crippen molar-refractivity contribution in [3.05, 3.63) is 0 Å². The van der Waals surface area contributed by atoms with E-state index in [2.05, 4.69) is 15.5 Å². The maximum absolute atomic E-state index is 11.1. The second kappa shape index (κ2) is 4.25. The highest BCUT2D eigenvalue weighted by Gasteiger charge is 2.31. The molecule has 0 aromatic heterocycles. The predicted octanol–water partition coefficient (Wildman–Crippen LogP) is -1.86. The summed E-state index contributed by atoms with van der Waals surface area (Å²) in [5.41, 5.74) is 0. The molecule has 2 fully saturated rings. The van der Waals surface area contributed by atoms with E-state index < -0.39 is 0 Å². The molecule has 2 saturated heterocycles. The van der Waals surface area contributed by atoms with E-state index in [1.54, 1.807) is 0 Å². The summed E-state index contributed by atoms with van der Waals surface area (Å²) in [4.78, 5) is 13.3. The van der Waals surface area contributed by atoms with Crippen molar-refractivity contribution in [2.24, 2.45) is 0 Å². The molecule has 2 aliphatic rings. The Morgan fingerprint density at radius 2 is 2.21 bits per heavy atom. The van der Waals surface area contributed by atoms with Gasteiger partial charge in [-0.3, -0.25) is 9.69 Å². The average molecular weight is 199 g/mol. The molecule has 0 radical (unpaired) electrons. The van der Waals surface area contributed by atoms with Crippen LogP contribution in [-0.4, -0.2) is 60.8 Å². The molecule has 0 aromatic carbocycles. The molecule has 80 valence electrons. The molecule has 2 heterocycles. The van der Waals surface area contributed by atoms with Crippen LogP contribution in [0.25, 0.3) is 0 Å². The van der Waals surface area contributed by atoms with Gasteiger partial charge in [-0.15, -0.1) is 0 Å². The Hall–Kier alpha value is -0.650. The number of rotatable bonds is 1. The zero-order valence-corrected chi connectivity index (χ0v) is 8.20. The van der Waals surface area contributed by atoms with E-state index in [9.17, 15) is 9.90 Å². The summed E-state index contributed by atoms with van der Waals surface area (Å²) in [5.74, 6) is 0.118. The molecule has 3 N–H and O–H groups in total. The molecular weight excluding hydrogens is 182 g/mol. The minimum Gasteiger partial charge on any atom is -0.390 e. The third-order valence-corrected chi connectivity index (χ3v) is 2.97. The van der Waals surface area contributed by atoms with Gasteiger partial charge in [-0.25, -0.2) is 0 Å². The van der Waals surface area contributed by atoms with Gasteiger partial charge in [0.05, 0.1) is 6.10 Å². The summed E-state index contributed by atoms with van der Waals surface area (Å²) < 4.78 is 0. The summed E-state index contributed by atoms with van der Waals surface area (Å²) in [6, 6.07) is 0.183. The summed E-state index contributed by atoms with van der Waals surface area (Å²) in [6.45, 7) is 3.80. The monoisotopic (exact) mass is 199 g/mol. The van der Waals surface area contributed by atoms with E-state index in [-0.39, 0.29) is 18.1 Å². The van der Waals surface area contributed by atoms with Crippen molar-refractivity contribution in [2.75, 3.05) is 32.7 Å². The Balaban J connectivity index is 1.93. The van der Waals surface area contributed by atoms with Crippen molar-refractivity contribution in [3.63, 3.8) is 0 Å². The second-order valence-corrected chi connectivity index (χ2v) is 3.93. The molecule has 2 atom stereocenters. The Bertz CT molecular complexity index is 222. The molecule has 5 nitrogen and oxygen atoms in total. The van der Waals surface area contributed by atoms with Gasteiger partial charge in [0.15, 0.2) is 0 Å². The number of aliphatic hydroxyl groups excluding tert-OH is 1. The molecule has 0 saturated carbocycles. The van der Waals surface area contributed by atoms with E-state index in [1.807, 2.05) is 0 Å². The molecule has 1 amide bonds. The normalized spacial score (nSPS) is 35.4. The van der Waals surface area contributed by atoms with Gasteiger partial charge in [0.25, 0.3) is 0 Å². The van der Waals surface area contributed by atoms with Gasteiger partial charge in [0, 0.05) is 45.2 Å². The van der Waals surface area contributed by atoms with Crippen LogP contribution in [0, 0.1) is 0 Å². The number of aliphatic hydroxyl groups is 1. The fourth-order valence-corrected chi connectivity index (χ4v) is 2.14. The van der Waals surface area contributed by atoms with Crippen LogP contribution in [0.4, 0.5) is 0 Å². The fourth-order valence-electron chi connectivity index (χ4n) is 2.14. The standard InChI is InChI=1S/C9H17N3O2/c13-8-6-10-5-7(8)12-3-1-9(14)11-2-4-12/h7-8,10,13H,1-6H2,(H,11,14). The number of amides is 1. The molecule has 5 heteroatoms. The Kier molecular flexibility index (Phi) is 3.00. The van der Waals surface area contributed by atoms with Gasteiger partial charge < -0.3 is 15.7 Å². The molecule has 0 spiro atoms. The molecule has 2 rings (SSSR count). The minimum atomic E-state index is -0.289. The minimum absolute atomic E-state index is 0.118. The zero-order chi connectivity index (χ0) is 9.97. The molecule has 2 aliphatic heterocycles. The first-order chi connectivity index (χ1) is 6.77. The maximum Gasteiger partial charge on any atom is 0.221 e. The van der Waals surface area contributed by atoms with Gasteiger partial charge in [-0.1, -0.05) is 0 Å². The highest BCUT2D eigenvalue weighted by atomic mass is 16.3.